The van der Waals surface area contributed by atoms with Crippen LogP contribution in [0.3, 0.4) is 0 Å². The van der Waals surface area contributed by atoms with E-state index in [-0.39, 0.29) is 23.0 Å². The maximum absolute atomic E-state index is 13.5. The molecule has 1 fully saturated rings. The summed E-state index contributed by atoms with van der Waals surface area (Å²) in [7, 11) is 0. The van der Waals surface area contributed by atoms with Crippen LogP contribution in [0.1, 0.15) is 22.9 Å². The van der Waals surface area contributed by atoms with Crippen molar-refractivity contribution in [1.82, 2.24) is 10.2 Å². The minimum atomic E-state index is -4.47. The molecule has 3 nitrogen and oxygen atoms in total. The van der Waals surface area contributed by atoms with Crippen LogP contribution in [0.15, 0.2) is 41.0 Å². The zero-order chi connectivity index (χ0) is 16.4. The lowest BCUT2D eigenvalue weighted by atomic mass is 9.96. The summed E-state index contributed by atoms with van der Waals surface area (Å²) in [4.78, 5) is 1.99. The summed E-state index contributed by atoms with van der Waals surface area (Å²) >= 11 is 5.79. The summed E-state index contributed by atoms with van der Waals surface area (Å²) in [6.07, 6.45) is -2.99. The number of furan rings is 1. The molecule has 0 unspecified atom stereocenters. The number of piperazine rings is 1. The third-order valence-corrected chi connectivity index (χ3v) is 4.18. The molecule has 0 amide bonds. The molecule has 2 aromatic rings. The van der Waals surface area contributed by atoms with Crippen LogP contribution in [0, 0.1) is 0 Å². The van der Waals surface area contributed by atoms with Crippen molar-refractivity contribution in [2.75, 3.05) is 26.2 Å². The highest BCUT2D eigenvalue weighted by atomic mass is 35.5. The first kappa shape index (κ1) is 19.1. The first-order valence-electron chi connectivity index (χ1n) is 7.31. The molecule has 1 saturated heterocycles. The van der Waals surface area contributed by atoms with Crippen molar-refractivity contribution in [3.63, 3.8) is 0 Å². The molecule has 2 heterocycles. The van der Waals surface area contributed by atoms with E-state index in [1.54, 1.807) is 12.1 Å². The van der Waals surface area contributed by atoms with Crippen molar-refractivity contribution >= 4 is 24.0 Å². The fourth-order valence-electron chi connectivity index (χ4n) is 2.93. The first-order chi connectivity index (χ1) is 11.0. The number of benzene rings is 1. The molecule has 1 aromatic carbocycles. The van der Waals surface area contributed by atoms with E-state index in [4.69, 9.17) is 16.0 Å². The van der Waals surface area contributed by atoms with Gasteiger partial charge in [-0.25, -0.2) is 0 Å². The maximum Gasteiger partial charge on any atom is 0.416 e. The molecule has 132 valence electrons. The third kappa shape index (κ3) is 4.06. The van der Waals surface area contributed by atoms with Gasteiger partial charge in [-0.15, -0.1) is 12.4 Å². The Hall–Kier alpha value is -1.21. The maximum atomic E-state index is 13.5. The second kappa shape index (κ2) is 7.78. The smallest absolute Gasteiger partial charge is 0.416 e. The fourth-order valence-corrected chi connectivity index (χ4v) is 3.10. The number of nitrogens with one attached hydrogen (secondary N) is 1. The average molecular weight is 381 g/mol. The van der Waals surface area contributed by atoms with Crippen LogP contribution in [-0.2, 0) is 6.18 Å². The second-order valence-corrected chi connectivity index (χ2v) is 5.87. The van der Waals surface area contributed by atoms with Gasteiger partial charge >= 0.3 is 6.18 Å². The van der Waals surface area contributed by atoms with E-state index in [1.807, 2.05) is 4.90 Å². The van der Waals surface area contributed by atoms with Crippen LogP contribution in [0.5, 0.6) is 0 Å². The van der Waals surface area contributed by atoms with Crippen molar-refractivity contribution in [1.29, 1.82) is 0 Å². The largest absolute Gasteiger partial charge is 0.467 e. The highest BCUT2D eigenvalue weighted by molar-refractivity contribution is 6.30. The van der Waals surface area contributed by atoms with E-state index in [2.05, 4.69) is 5.32 Å². The van der Waals surface area contributed by atoms with Crippen LogP contribution < -0.4 is 5.32 Å². The van der Waals surface area contributed by atoms with Gasteiger partial charge in [0.1, 0.15) is 5.76 Å². The molecule has 1 aliphatic rings. The highest BCUT2D eigenvalue weighted by Gasteiger charge is 2.38. The summed E-state index contributed by atoms with van der Waals surface area (Å²) in [5.41, 5.74) is -0.552. The van der Waals surface area contributed by atoms with Gasteiger partial charge in [-0.05, 0) is 29.8 Å². The quantitative estimate of drug-likeness (QED) is 0.856. The van der Waals surface area contributed by atoms with Gasteiger partial charge in [-0.2, -0.15) is 13.2 Å². The fraction of sp³-hybridized carbons (Fsp3) is 0.375. The molecule has 0 aliphatic carbocycles. The topological polar surface area (TPSA) is 28.4 Å². The number of halogens is 5. The predicted octanol–water partition coefficient (Wildman–Crippen LogP) is 4.37. The van der Waals surface area contributed by atoms with Crippen molar-refractivity contribution in [3.8, 4) is 0 Å². The normalized spacial score (nSPS) is 17.3. The van der Waals surface area contributed by atoms with Gasteiger partial charge in [0.15, 0.2) is 0 Å². The summed E-state index contributed by atoms with van der Waals surface area (Å²) in [6.45, 7) is 2.74. The van der Waals surface area contributed by atoms with Gasteiger partial charge in [0, 0.05) is 31.2 Å². The van der Waals surface area contributed by atoms with Crippen LogP contribution in [0.25, 0.3) is 0 Å². The Morgan fingerprint density at radius 2 is 1.88 bits per heavy atom. The van der Waals surface area contributed by atoms with Crippen LogP contribution >= 0.6 is 24.0 Å². The Kier molecular flexibility index (Phi) is 6.20. The summed E-state index contributed by atoms with van der Waals surface area (Å²) in [6, 6.07) is 6.73. The predicted molar refractivity (Wildman–Crippen MR) is 88.7 cm³/mol. The zero-order valence-corrected chi connectivity index (χ0v) is 14.2. The second-order valence-electron chi connectivity index (χ2n) is 5.43. The molecular formula is C16H17Cl2F3N2O. The third-order valence-electron chi connectivity index (χ3n) is 3.94. The van der Waals surface area contributed by atoms with Gasteiger partial charge in [0.05, 0.1) is 17.9 Å². The Morgan fingerprint density at radius 1 is 1.17 bits per heavy atom. The number of hydrogen-bond acceptors (Lipinski definition) is 3. The van der Waals surface area contributed by atoms with E-state index in [9.17, 15) is 13.2 Å². The molecule has 1 aliphatic heterocycles. The lowest BCUT2D eigenvalue weighted by Crippen LogP contribution is -2.45. The molecule has 24 heavy (non-hydrogen) atoms. The molecular weight excluding hydrogens is 364 g/mol. The highest BCUT2D eigenvalue weighted by Crippen LogP contribution is 2.40. The Balaban J connectivity index is 0.00000208. The number of rotatable bonds is 3. The van der Waals surface area contributed by atoms with Gasteiger partial charge in [0.2, 0.25) is 0 Å². The van der Waals surface area contributed by atoms with E-state index < -0.39 is 17.8 Å². The van der Waals surface area contributed by atoms with Gasteiger partial charge in [-0.1, -0.05) is 17.7 Å². The summed E-state index contributed by atoms with van der Waals surface area (Å²) in [5, 5.41) is 3.27. The van der Waals surface area contributed by atoms with Crippen molar-refractivity contribution in [2.45, 2.75) is 12.2 Å². The van der Waals surface area contributed by atoms with Crippen molar-refractivity contribution < 1.29 is 17.6 Å². The Bertz CT molecular complexity index is 656. The molecule has 3 rings (SSSR count). The zero-order valence-electron chi connectivity index (χ0n) is 12.6. The Labute approximate surface area is 149 Å². The molecule has 1 N–H and O–H groups in total. The lowest BCUT2D eigenvalue weighted by molar-refractivity contribution is -0.138. The van der Waals surface area contributed by atoms with E-state index in [0.717, 1.165) is 19.2 Å². The number of alkyl halides is 3. The number of hydrogen-bond donors (Lipinski definition) is 1. The van der Waals surface area contributed by atoms with Crippen LogP contribution in [-0.4, -0.2) is 31.1 Å². The molecule has 1 aromatic heterocycles. The van der Waals surface area contributed by atoms with Crippen LogP contribution in [0.4, 0.5) is 13.2 Å². The molecule has 0 spiro atoms. The van der Waals surface area contributed by atoms with E-state index in [0.29, 0.717) is 18.8 Å². The molecule has 1 atom stereocenters. The van der Waals surface area contributed by atoms with E-state index >= 15 is 0 Å². The van der Waals surface area contributed by atoms with Gasteiger partial charge in [0.25, 0.3) is 0 Å². The molecule has 0 radical (unpaired) electrons. The standard InChI is InChI=1S/C16H16ClF3N2O.ClH/c17-11-3-4-12(13(10-11)16(18,19)20)15(14-2-1-9-23-14)22-7-5-21-6-8-22;/h1-4,9-10,15,21H,5-8H2;1H/t15-;/m0./s1. The van der Waals surface area contributed by atoms with Gasteiger partial charge in [-0.3, -0.25) is 4.90 Å². The summed E-state index contributed by atoms with van der Waals surface area (Å²) < 4.78 is 45.9. The van der Waals surface area contributed by atoms with E-state index in [1.165, 1.54) is 18.4 Å². The number of nitrogens with zero attached hydrogens (tertiary/aromatic N) is 1. The van der Waals surface area contributed by atoms with Gasteiger partial charge < -0.3 is 9.73 Å². The monoisotopic (exact) mass is 380 g/mol. The first-order valence-corrected chi connectivity index (χ1v) is 7.69. The molecule has 8 heteroatoms. The average Bonchev–Trinajstić information content (AvgIpc) is 3.03. The van der Waals surface area contributed by atoms with Crippen molar-refractivity contribution in [2.24, 2.45) is 0 Å². The van der Waals surface area contributed by atoms with Crippen molar-refractivity contribution in [3.05, 3.63) is 58.5 Å². The minimum Gasteiger partial charge on any atom is -0.467 e. The Morgan fingerprint density at radius 3 is 2.46 bits per heavy atom. The minimum absolute atomic E-state index is 0. The molecule has 0 bridgehead atoms. The molecule has 0 saturated carbocycles. The SMILES string of the molecule is Cl.FC(F)(F)c1cc(Cl)ccc1[C@@H](c1ccco1)N1CCNCC1. The van der Waals surface area contributed by atoms with Crippen LogP contribution in [0.2, 0.25) is 5.02 Å². The lowest BCUT2D eigenvalue weighted by Gasteiger charge is -2.35. The summed E-state index contributed by atoms with van der Waals surface area (Å²) in [5.74, 6) is 0.500.